The van der Waals surface area contributed by atoms with Crippen molar-refractivity contribution in [2.24, 2.45) is 0 Å². The number of nitrogens with one attached hydrogen (secondary N) is 1. The highest BCUT2D eigenvalue weighted by Crippen LogP contribution is 2.39. The molecule has 1 fully saturated rings. The van der Waals surface area contributed by atoms with Crippen molar-refractivity contribution in [3.05, 3.63) is 17.6 Å². The summed E-state index contributed by atoms with van der Waals surface area (Å²) >= 11 is 0. The fraction of sp³-hybridized carbons (Fsp3) is 0.636. The molecular weight excluding hydrogens is 231 g/mol. The molecule has 1 aromatic rings. The van der Waals surface area contributed by atoms with Gasteiger partial charge in [0.2, 0.25) is 0 Å². The van der Waals surface area contributed by atoms with Crippen LogP contribution in [-0.2, 0) is 6.42 Å². The molecule has 1 saturated carbocycles. The molecule has 1 N–H and O–H groups in total. The zero-order chi connectivity index (χ0) is 12.5. The second-order valence-corrected chi connectivity index (χ2v) is 4.23. The monoisotopic (exact) mass is 245 g/mol. The minimum Gasteiger partial charge on any atom is -0.373 e. The van der Waals surface area contributed by atoms with Crippen LogP contribution in [0.2, 0.25) is 0 Å². The molecule has 0 spiro atoms. The van der Waals surface area contributed by atoms with Gasteiger partial charge in [0.25, 0.3) is 0 Å². The molecule has 3 nitrogen and oxygen atoms in total. The van der Waals surface area contributed by atoms with Crippen LogP contribution in [0, 0.1) is 0 Å². The highest BCUT2D eigenvalue weighted by Gasteiger charge is 2.29. The van der Waals surface area contributed by atoms with Crippen LogP contribution in [-0.4, -0.2) is 23.2 Å². The number of aromatic nitrogens is 2. The predicted octanol–water partition coefficient (Wildman–Crippen LogP) is 2.89. The summed E-state index contributed by atoms with van der Waals surface area (Å²) in [5.74, 6) is 1.28. The molecule has 1 aromatic heterocycles. The van der Waals surface area contributed by atoms with Crippen molar-refractivity contribution in [3.8, 4) is 0 Å². The van der Waals surface area contributed by atoms with Crippen LogP contribution in [0.1, 0.15) is 36.7 Å². The van der Waals surface area contributed by atoms with Crippen LogP contribution in [0.5, 0.6) is 0 Å². The zero-order valence-electron chi connectivity index (χ0n) is 9.51. The average Bonchev–Trinajstić information content (AvgIpc) is 3.08. The van der Waals surface area contributed by atoms with E-state index in [0.717, 1.165) is 18.5 Å². The lowest BCUT2D eigenvalue weighted by Gasteiger charge is -2.08. The summed E-state index contributed by atoms with van der Waals surface area (Å²) in [5, 5.41) is 2.86. The van der Waals surface area contributed by atoms with Gasteiger partial charge in [-0.15, -0.1) is 0 Å². The molecule has 1 aliphatic carbocycles. The first-order valence-corrected chi connectivity index (χ1v) is 5.60. The molecule has 0 amide bonds. The molecule has 6 heteroatoms. The van der Waals surface area contributed by atoms with E-state index >= 15 is 0 Å². The molecule has 0 saturated heterocycles. The van der Waals surface area contributed by atoms with Crippen LogP contribution in [0.25, 0.3) is 0 Å². The number of aryl methyl sites for hydroxylation is 1. The molecule has 2 rings (SSSR count). The Kier molecular flexibility index (Phi) is 3.22. The molecule has 1 aliphatic rings. The van der Waals surface area contributed by atoms with Crippen LogP contribution in [0.15, 0.2) is 6.07 Å². The quantitative estimate of drug-likeness (QED) is 0.886. The van der Waals surface area contributed by atoms with Gasteiger partial charge < -0.3 is 5.32 Å². The van der Waals surface area contributed by atoms with Gasteiger partial charge in [0.1, 0.15) is 11.6 Å². The minimum absolute atomic E-state index is 0.154. The predicted molar refractivity (Wildman–Crippen MR) is 57.9 cm³/mol. The number of halogens is 3. The van der Waals surface area contributed by atoms with E-state index in [1.807, 2.05) is 6.07 Å². The van der Waals surface area contributed by atoms with Gasteiger partial charge in [-0.1, -0.05) is 0 Å². The molecule has 17 heavy (non-hydrogen) atoms. The summed E-state index contributed by atoms with van der Waals surface area (Å²) in [5.41, 5.74) is 0.863. The Morgan fingerprint density at radius 2 is 2.06 bits per heavy atom. The molecular formula is C11H14F3N3. The minimum atomic E-state index is -4.15. The fourth-order valence-electron chi connectivity index (χ4n) is 1.60. The van der Waals surface area contributed by atoms with Gasteiger partial charge in [-0.05, 0) is 12.8 Å². The van der Waals surface area contributed by atoms with Crippen molar-refractivity contribution in [1.29, 1.82) is 0 Å². The Hall–Kier alpha value is -1.33. The molecule has 0 bridgehead atoms. The van der Waals surface area contributed by atoms with E-state index in [-0.39, 0.29) is 12.2 Å². The highest BCUT2D eigenvalue weighted by molar-refractivity contribution is 5.37. The number of hydrogen-bond acceptors (Lipinski definition) is 3. The molecule has 0 aliphatic heterocycles. The molecule has 0 atom stereocenters. The maximum Gasteiger partial charge on any atom is 0.389 e. The van der Waals surface area contributed by atoms with Gasteiger partial charge in [-0.25, -0.2) is 9.97 Å². The number of alkyl halides is 3. The number of anilines is 1. The third-order valence-corrected chi connectivity index (χ3v) is 2.68. The van der Waals surface area contributed by atoms with E-state index < -0.39 is 12.6 Å². The first-order valence-electron chi connectivity index (χ1n) is 5.60. The Labute approximate surface area is 97.5 Å². The number of hydrogen-bond donors (Lipinski definition) is 1. The van der Waals surface area contributed by atoms with E-state index in [0.29, 0.717) is 11.7 Å². The van der Waals surface area contributed by atoms with Crippen LogP contribution in [0.4, 0.5) is 19.0 Å². The topological polar surface area (TPSA) is 37.8 Å². The second-order valence-electron chi connectivity index (χ2n) is 4.23. The Bertz CT molecular complexity index is 399. The first kappa shape index (κ1) is 12.1. The van der Waals surface area contributed by atoms with Gasteiger partial charge in [0.05, 0.1) is 6.42 Å². The van der Waals surface area contributed by atoms with Gasteiger partial charge in [-0.3, -0.25) is 0 Å². The largest absolute Gasteiger partial charge is 0.389 e. The maximum atomic E-state index is 12.1. The zero-order valence-corrected chi connectivity index (χ0v) is 9.51. The molecule has 94 valence electrons. The van der Waals surface area contributed by atoms with Crippen LogP contribution >= 0.6 is 0 Å². The van der Waals surface area contributed by atoms with E-state index in [9.17, 15) is 13.2 Å². The summed E-state index contributed by atoms with van der Waals surface area (Å²) < 4.78 is 36.4. The fourth-order valence-corrected chi connectivity index (χ4v) is 1.60. The Balaban J connectivity index is 2.12. The second kappa shape index (κ2) is 4.50. The van der Waals surface area contributed by atoms with Gasteiger partial charge in [0.15, 0.2) is 0 Å². The van der Waals surface area contributed by atoms with Crippen molar-refractivity contribution in [2.45, 2.75) is 37.8 Å². The van der Waals surface area contributed by atoms with E-state index in [4.69, 9.17) is 0 Å². The third kappa shape index (κ3) is 3.57. The highest BCUT2D eigenvalue weighted by atomic mass is 19.4. The summed E-state index contributed by atoms with van der Waals surface area (Å²) in [6, 6.07) is 1.81. The number of rotatable bonds is 4. The van der Waals surface area contributed by atoms with Crippen LogP contribution < -0.4 is 5.32 Å². The molecule has 0 aromatic carbocycles. The van der Waals surface area contributed by atoms with Gasteiger partial charge >= 0.3 is 6.18 Å². The maximum absolute atomic E-state index is 12.1. The van der Waals surface area contributed by atoms with E-state index in [1.165, 1.54) is 0 Å². The summed E-state index contributed by atoms with van der Waals surface area (Å²) in [6.45, 7) is 0. The normalized spacial score (nSPS) is 16.0. The SMILES string of the molecule is CNc1cc(C2CC2)nc(CCC(F)(F)F)n1. The number of nitrogens with zero attached hydrogens (tertiary/aromatic N) is 2. The smallest absolute Gasteiger partial charge is 0.373 e. The summed E-state index contributed by atoms with van der Waals surface area (Å²) in [6.07, 6.45) is -3.04. The standard InChI is InChI=1S/C11H14F3N3/c1-15-10-6-8(7-2-3-7)16-9(17-10)4-5-11(12,13)14/h6-7H,2-5H2,1H3,(H,15,16,17). The molecule has 1 heterocycles. The Morgan fingerprint density at radius 3 is 2.59 bits per heavy atom. The summed E-state index contributed by atoms with van der Waals surface area (Å²) in [7, 11) is 1.70. The third-order valence-electron chi connectivity index (χ3n) is 2.68. The first-order chi connectivity index (χ1) is 7.98. The molecule has 0 radical (unpaired) electrons. The summed E-state index contributed by atoms with van der Waals surface area (Å²) in [4.78, 5) is 8.24. The average molecular weight is 245 g/mol. The van der Waals surface area contributed by atoms with Crippen molar-refractivity contribution in [1.82, 2.24) is 9.97 Å². The lowest BCUT2D eigenvalue weighted by molar-refractivity contribution is -0.134. The van der Waals surface area contributed by atoms with Crippen molar-refractivity contribution >= 4 is 5.82 Å². The van der Waals surface area contributed by atoms with Crippen LogP contribution in [0.3, 0.4) is 0 Å². The van der Waals surface area contributed by atoms with Gasteiger partial charge in [-0.2, -0.15) is 13.2 Å². The van der Waals surface area contributed by atoms with Crippen molar-refractivity contribution in [2.75, 3.05) is 12.4 Å². The lowest BCUT2D eigenvalue weighted by Crippen LogP contribution is -2.11. The van der Waals surface area contributed by atoms with Gasteiger partial charge in [0, 0.05) is 31.1 Å². The van der Waals surface area contributed by atoms with Crippen molar-refractivity contribution < 1.29 is 13.2 Å². The Morgan fingerprint density at radius 1 is 1.35 bits per heavy atom. The lowest BCUT2D eigenvalue weighted by atomic mass is 10.2. The molecule has 0 unspecified atom stereocenters. The van der Waals surface area contributed by atoms with Crippen molar-refractivity contribution in [3.63, 3.8) is 0 Å². The van der Waals surface area contributed by atoms with E-state index in [1.54, 1.807) is 7.05 Å². The van der Waals surface area contributed by atoms with E-state index in [2.05, 4.69) is 15.3 Å².